The molecule has 178 valence electrons. The van der Waals surface area contributed by atoms with Gasteiger partial charge in [0, 0.05) is 28.5 Å². The molecule has 9 heteroatoms. The minimum absolute atomic E-state index is 0.0739. The highest BCUT2D eigenvalue weighted by Gasteiger charge is 2.10. The van der Waals surface area contributed by atoms with Gasteiger partial charge in [-0.1, -0.05) is 36.4 Å². The molecular formula is C26H24N4O4S. The van der Waals surface area contributed by atoms with Crippen molar-refractivity contribution >= 4 is 46.8 Å². The second-order valence-electron chi connectivity index (χ2n) is 7.32. The summed E-state index contributed by atoms with van der Waals surface area (Å²) in [6, 6.07) is 20.9. The van der Waals surface area contributed by atoms with Crippen LogP contribution < -0.4 is 26.2 Å². The summed E-state index contributed by atoms with van der Waals surface area (Å²) < 4.78 is 5.23. The van der Waals surface area contributed by atoms with Crippen LogP contribution >= 0.6 is 12.2 Å². The lowest BCUT2D eigenvalue weighted by Crippen LogP contribution is -2.48. The van der Waals surface area contributed by atoms with Crippen LogP contribution in [0.3, 0.4) is 0 Å². The summed E-state index contributed by atoms with van der Waals surface area (Å²) in [5, 5.41) is 5.16. The number of carbonyl (C=O) groups is 3. The number of hydrogen-bond acceptors (Lipinski definition) is 5. The molecule has 0 spiro atoms. The molecule has 35 heavy (non-hydrogen) atoms. The Labute approximate surface area is 208 Å². The zero-order chi connectivity index (χ0) is 25.2. The van der Waals surface area contributed by atoms with Crippen LogP contribution in [0.1, 0.15) is 31.8 Å². The van der Waals surface area contributed by atoms with Crippen LogP contribution in [0.4, 0.5) is 5.69 Å². The lowest BCUT2D eigenvalue weighted by Gasteiger charge is -2.11. The maximum atomic E-state index is 12.4. The van der Waals surface area contributed by atoms with Crippen LogP contribution in [0.25, 0.3) is 6.08 Å². The first-order chi connectivity index (χ1) is 16.9. The highest BCUT2D eigenvalue weighted by molar-refractivity contribution is 7.80. The molecule has 0 aliphatic heterocycles. The molecule has 3 amide bonds. The van der Waals surface area contributed by atoms with E-state index in [0.29, 0.717) is 22.6 Å². The number of methoxy groups -OCH3 is 1. The molecule has 0 aliphatic carbocycles. The fraction of sp³-hybridized carbons (Fsp3) is 0.0769. The van der Waals surface area contributed by atoms with Crippen LogP contribution in [0.15, 0.2) is 78.9 Å². The maximum absolute atomic E-state index is 12.4. The predicted octanol–water partition coefficient (Wildman–Crippen LogP) is 3.60. The van der Waals surface area contributed by atoms with E-state index in [4.69, 9.17) is 17.0 Å². The molecule has 8 nitrogen and oxygen atoms in total. The van der Waals surface area contributed by atoms with Crippen molar-refractivity contribution in [2.45, 2.75) is 6.92 Å². The van der Waals surface area contributed by atoms with Crippen LogP contribution in [-0.2, 0) is 4.79 Å². The molecule has 3 aromatic carbocycles. The molecule has 0 fully saturated rings. The van der Waals surface area contributed by atoms with Crippen molar-refractivity contribution in [2.75, 3.05) is 12.4 Å². The normalized spacial score (nSPS) is 10.3. The summed E-state index contributed by atoms with van der Waals surface area (Å²) in [6.07, 6.45) is 2.90. The molecule has 0 aromatic heterocycles. The Morgan fingerprint density at radius 1 is 0.857 bits per heavy atom. The molecule has 0 saturated carbocycles. The van der Waals surface area contributed by atoms with Crippen LogP contribution in [0.5, 0.6) is 5.75 Å². The molecule has 0 saturated heterocycles. The molecular weight excluding hydrogens is 464 g/mol. The number of carbonyl (C=O) groups excluding carboxylic acids is 3. The van der Waals surface area contributed by atoms with Crippen molar-refractivity contribution in [1.29, 1.82) is 0 Å². The fourth-order valence-electron chi connectivity index (χ4n) is 3.07. The van der Waals surface area contributed by atoms with E-state index in [2.05, 4.69) is 21.5 Å². The van der Waals surface area contributed by atoms with Crippen molar-refractivity contribution in [1.82, 2.24) is 16.2 Å². The lowest BCUT2D eigenvalue weighted by molar-refractivity contribution is -0.115. The Balaban J connectivity index is 1.47. The largest absolute Gasteiger partial charge is 0.496 e. The summed E-state index contributed by atoms with van der Waals surface area (Å²) in [4.78, 5) is 36.8. The minimum Gasteiger partial charge on any atom is -0.496 e. The van der Waals surface area contributed by atoms with Crippen LogP contribution in [0, 0.1) is 6.92 Å². The van der Waals surface area contributed by atoms with Gasteiger partial charge < -0.3 is 10.1 Å². The van der Waals surface area contributed by atoms with E-state index < -0.39 is 11.8 Å². The minimum atomic E-state index is -0.476. The van der Waals surface area contributed by atoms with E-state index in [1.54, 1.807) is 61.7 Å². The summed E-state index contributed by atoms with van der Waals surface area (Å²) in [6.45, 7) is 1.86. The number of hydrazine groups is 1. The second-order valence-corrected chi connectivity index (χ2v) is 7.73. The summed E-state index contributed by atoms with van der Waals surface area (Å²) in [5.74, 6) is -0.549. The predicted molar refractivity (Wildman–Crippen MR) is 139 cm³/mol. The highest BCUT2D eigenvalue weighted by Crippen LogP contribution is 2.18. The average molecular weight is 489 g/mol. The first-order valence-corrected chi connectivity index (χ1v) is 11.0. The zero-order valence-electron chi connectivity index (χ0n) is 19.1. The van der Waals surface area contributed by atoms with Gasteiger partial charge in [0.25, 0.3) is 11.8 Å². The average Bonchev–Trinajstić information content (AvgIpc) is 2.86. The number of rotatable bonds is 6. The summed E-state index contributed by atoms with van der Waals surface area (Å²) >= 11 is 5.04. The smallest absolute Gasteiger partial charge is 0.269 e. The quantitative estimate of drug-likeness (QED) is 0.240. The van der Waals surface area contributed by atoms with Crippen molar-refractivity contribution < 1.29 is 19.1 Å². The first kappa shape index (κ1) is 25.1. The molecule has 0 atom stereocenters. The van der Waals surface area contributed by atoms with E-state index in [-0.39, 0.29) is 11.0 Å². The molecule has 0 bridgehead atoms. The zero-order valence-corrected chi connectivity index (χ0v) is 19.9. The van der Waals surface area contributed by atoms with Crippen molar-refractivity contribution in [3.63, 3.8) is 0 Å². The summed E-state index contributed by atoms with van der Waals surface area (Å²) in [5.41, 5.74) is 7.94. The molecule has 0 radical (unpaired) electrons. The van der Waals surface area contributed by atoms with Gasteiger partial charge in [0.1, 0.15) is 5.75 Å². The molecule has 4 N–H and O–H groups in total. The van der Waals surface area contributed by atoms with E-state index in [1.807, 2.05) is 31.2 Å². The maximum Gasteiger partial charge on any atom is 0.269 e. The van der Waals surface area contributed by atoms with Gasteiger partial charge in [-0.05, 0) is 67.2 Å². The lowest BCUT2D eigenvalue weighted by atomic mass is 10.1. The summed E-state index contributed by atoms with van der Waals surface area (Å²) in [7, 11) is 1.55. The number of ether oxygens (including phenoxy) is 1. The van der Waals surface area contributed by atoms with Gasteiger partial charge in [-0.25, -0.2) is 0 Å². The van der Waals surface area contributed by atoms with Gasteiger partial charge in [-0.15, -0.1) is 0 Å². The van der Waals surface area contributed by atoms with E-state index in [9.17, 15) is 14.4 Å². The monoisotopic (exact) mass is 488 g/mol. The number of hydrogen-bond donors (Lipinski definition) is 4. The number of nitrogens with one attached hydrogen (secondary N) is 4. The van der Waals surface area contributed by atoms with Crippen molar-refractivity contribution in [3.8, 4) is 5.75 Å². The standard InChI is InChI=1S/C26H24N4O4S/c1-17-7-3-5-9-21(17)25(33)27-20-14-11-19(12-15-20)24(32)29-30-26(35)28-23(31)16-13-18-8-4-6-10-22(18)34-2/h3-16H,1-2H3,(H,27,33)(H,29,32)(H2,28,30,31,35)/b16-13+. The number of para-hydroxylation sites is 1. The Hall–Kier alpha value is -4.50. The van der Waals surface area contributed by atoms with Crippen LogP contribution in [-0.4, -0.2) is 29.9 Å². The Bertz CT molecular complexity index is 1270. The van der Waals surface area contributed by atoms with Gasteiger partial charge in [0.15, 0.2) is 5.11 Å². The van der Waals surface area contributed by atoms with Gasteiger partial charge in [0.2, 0.25) is 5.91 Å². The Kier molecular flexibility index (Phi) is 8.69. The number of aryl methyl sites for hydroxylation is 1. The van der Waals surface area contributed by atoms with Crippen molar-refractivity contribution in [3.05, 3.63) is 101 Å². The number of benzene rings is 3. The first-order valence-electron chi connectivity index (χ1n) is 10.6. The SMILES string of the molecule is COc1ccccc1/C=C/C(=O)NC(=S)NNC(=O)c1ccc(NC(=O)c2ccccc2C)cc1. The Morgan fingerprint density at radius 2 is 1.54 bits per heavy atom. The molecule has 0 heterocycles. The molecule has 0 unspecified atom stereocenters. The second kappa shape index (κ2) is 12.1. The number of anilines is 1. The van der Waals surface area contributed by atoms with Gasteiger partial charge in [-0.3, -0.25) is 30.6 Å². The van der Waals surface area contributed by atoms with E-state index in [1.165, 1.54) is 6.08 Å². The van der Waals surface area contributed by atoms with Gasteiger partial charge >= 0.3 is 0 Å². The fourth-order valence-corrected chi connectivity index (χ4v) is 3.22. The third-order valence-electron chi connectivity index (χ3n) is 4.87. The topological polar surface area (TPSA) is 109 Å². The van der Waals surface area contributed by atoms with Gasteiger partial charge in [0.05, 0.1) is 7.11 Å². The molecule has 3 rings (SSSR count). The van der Waals surface area contributed by atoms with E-state index >= 15 is 0 Å². The van der Waals surface area contributed by atoms with E-state index in [0.717, 1.165) is 11.1 Å². The third kappa shape index (κ3) is 7.24. The third-order valence-corrected chi connectivity index (χ3v) is 5.08. The van der Waals surface area contributed by atoms with Gasteiger partial charge in [-0.2, -0.15) is 0 Å². The Morgan fingerprint density at radius 3 is 2.26 bits per heavy atom. The highest BCUT2D eigenvalue weighted by atomic mass is 32.1. The van der Waals surface area contributed by atoms with Crippen LogP contribution in [0.2, 0.25) is 0 Å². The molecule has 0 aliphatic rings. The number of thiocarbonyl (C=S) groups is 1. The number of amides is 3. The molecule has 3 aromatic rings. The van der Waals surface area contributed by atoms with Crippen molar-refractivity contribution in [2.24, 2.45) is 0 Å².